The lowest BCUT2D eigenvalue weighted by Gasteiger charge is -2.28. The molecule has 208 valence electrons. The molecule has 2 unspecified atom stereocenters. The molecule has 0 amide bonds. The molecular formula is C20H16Br8Cl6OSi2. The smallest absolute Gasteiger partial charge is 0.348 e. The highest BCUT2D eigenvalue weighted by Gasteiger charge is 2.42. The van der Waals surface area contributed by atoms with E-state index in [0.717, 1.165) is 58.0 Å². The summed E-state index contributed by atoms with van der Waals surface area (Å²) in [6.07, 6.45) is 1.05. The molecule has 0 bridgehead atoms. The summed E-state index contributed by atoms with van der Waals surface area (Å²) in [5.41, 5.74) is 3.24. The van der Waals surface area contributed by atoms with Crippen LogP contribution in [0.1, 0.15) is 46.2 Å². The number of rotatable bonds is 10. The summed E-state index contributed by atoms with van der Waals surface area (Å²) >= 11 is 68.6. The summed E-state index contributed by atoms with van der Waals surface area (Å²) in [6, 6.07) is -6.36. The van der Waals surface area contributed by atoms with Crippen molar-refractivity contribution in [2.24, 2.45) is 0 Å². The summed E-state index contributed by atoms with van der Waals surface area (Å²) in [4.78, 5) is 0. The van der Waals surface area contributed by atoms with Crippen LogP contribution in [0.5, 0.6) is 0 Å². The van der Waals surface area contributed by atoms with Gasteiger partial charge in [0.05, 0.1) is 0 Å². The SMILES string of the molecule is Cc1c(Br)c(Br)c(Br)c(Br)c1C(CCOCCC(c1c(C)c(Br)c(Br)c(Br)c1Br)[Si](Cl)(Cl)Cl)[Si](Cl)(Cl)Cl. The lowest BCUT2D eigenvalue weighted by atomic mass is 10.0. The van der Waals surface area contributed by atoms with Gasteiger partial charge in [0.2, 0.25) is 0 Å². The van der Waals surface area contributed by atoms with Crippen LogP contribution in [-0.2, 0) is 4.74 Å². The molecule has 0 fully saturated rings. The molecule has 0 aliphatic carbocycles. The maximum Gasteiger partial charge on any atom is 0.348 e. The van der Waals surface area contributed by atoms with Gasteiger partial charge in [0, 0.05) is 60.1 Å². The van der Waals surface area contributed by atoms with E-state index in [4.69, 9.17) is 71.2 Å². The molecular weight excluding hydrogens is 1160 g/mol. The predicted molar refractivity (Wildman–Crippen MR) is 196 cm³/mol. The number of halogens is 14. The topological polar surface area (TPSA) is 9.23 Å². The molecule has 0 aliphatic rings. The van der Waals surface area contributed by atoms with E-state index in [1.54, 1.807) is 0 Å². The minimum Gasteiger partial charge on any atom is -0.381 e. The average molecular weight is 1180 g/mol. The molecule has 0 saturated heterocycles. The lowest BCUT2D eigenvalue weighted by Crippen LogP contribution is -2.28. The van der Waals surface area contributed by atoms with Crippen molar-refractivity contribution < 1.29 is 4.74 Å². The summed E-state index contributed by atoms with van der Waals surface area (Å²) < 4.78 is 13.0. The van der Waals surface area contributed by atoms with Crippen molar-refractivity contribution in [1.29, 1.82) is 0 Å². The molecule has 2 aromatic carbocycles. The van der Waals surface area contributed by atoms with Crippen LogP contribution in [0.4, 0.5) is 0 Å². The first kappa shape index (κ1) is 37.6. The van der Waals surface area contributed by atoms with E-state index in [1.807, 2.05) is 13.8 Å². The Labute approximate surface area is 314 Å². The zero-order chi connectivity index (χ0) is 28.6. The zero-order valence-corrected chi connectivity index (χ0v) is 37.9. The molecule has 1 nitrogen and oxygen atoms in total. The molecule has 0 heterocycles. The summed E-state index contributed by atoms with van der Waals surface area (Å²) in [5, 5.41) is 0. The summed E-state index contributed by atoms with van der Waals surface area (Å²) in [5.74, 6) is 0. The molecule has 0 aliphatic heterocycles. The molecule has 0 aromatic heterocycles. The van der Waals surface area contributed by atoms with Gasteiger partial charge < -0.3 is 4.74 Å². The normalized spacial score (nSPS) is 14.3. The van der Waals surface area contributed by atoms with Crippen LogP contribution in [0.25, 0.3) is 0 Å². The van der Waals surface area contributed by atoms with Crippen molar-refractivity contribution >= 4 is 206 Å². The number of hydrogen-bond donors (Lipinski definition) is 0. The molecule has 2 atom stereocenters. The van der Waals surface area contributed by atoms with Crippen molar-refractivity contribution in [2.75, 3.05) is 13.2 Å². The van der Waals surface area contributed by atoms with Crippen molar-refractivity contribution in [3.8, 4) is 0 Å². The Hall–Kier alpha value is 4.41. The van der Waals surface area contributed by atoms with Gasteiger partial charge >= 0.3 is 12.0 Å². The van der Waals surface area contributed by atoms with Crippen LogP contribution in [-0.4, -0.2) is 25.2 Å². The second-order valence-electron chi connectivity index (χ2n) is 7.97. The highest BCUT2D eigenvalue weighted by molar-refractivity contribution is 9.15. The van der Waals surface area contributed by atoms with Gasteiger partial charge in [0.25, 0.3) is 0 Å². The molecule has 0 radical (unpaired) electrons. The van der Waals surface area contributed by atoms with E-state index in [2.05, 4.69) is 127 Å². The van der Waals surface area contributed by atoms with E-state index in [9.17, 15) is 0 Å². The van der Waals surface area contributed by atoms with Gasteiger partial charge in [-0.3, -0.25) is 0 Å². The molecule has 2 aromatic rings. The van der Waals surface area contributed by atoms with Gasteiger partial charge in [-0.05, 0) is 176 Å². The number of hydrogen-bond acceptors (Lipinski definition) is 1. The fourth-order valence-corrected chi connectivity index (χ4v) is 15.7. The fourth-order valence-electron chi connectivity index (χ4n) is 3.79. The average Bonchev–Trinajstić information content (AvgIpc) is 2.79. The van der Waals surface area contributed by atoms with Crippen molar-refractivity contribution in [2.45, 2.75) is 37.8 Å². The maximum atomic E-state index is 6.59. The fraction of sp³-hybridized carbons (Fsp3) is 0.400. The van der Waals surface area contributed by atoms with Crippen LogP contribution in [0, 0.1) is 13.8 Å². The molecule has 0 N–H and O–H groups in total. The lowest BCUT2D eigenvalue weighted by molar-refractivity contribution is 0.127. The van der Waals surface area contributed by atoms with Crippen molar-refractivity contribution in [3.05, 3.63) is 58.0 Å². The van der Waals surface area contributed by atoms with Crippen LogP contribution in [0.2, 0.25) is 0 Å². The number of benzene rings is 2. The van der Waals surface area contributed by atoms with Crippen molar-refractivity contribution in [1.82, 2.24) is 0 Å². The Kier molecular flexibility index (Phi) is 15.9. The quantitative estimate of drug-likeness (QED) is 0.0757. The Morgan fingerprint density at radius 3 is 1.05 bits per heavy atom. The van der Waals surface area contributed by atoms with Gasteiger partial charge in [-0.25, -0.2) is 0 Å². The van der Waals surface area contributed by atoms with Crippen LogP contribution >= 0.6 is 194 Å². The molecule has 37 heavy (non-hydrogen) atoms. The van der Waals surface area contributed by atoms with Crippen LogP contribution in [0.3, 0.4) is 0 Å². The third-order valence-electron chi connectivity index (χ3n) is 5.68. The maximum absolute atomic E-state index is 6.59. The first-order valence-corrected chi connectivity index (χ1v) is 26.8. The second kappa shape index (κ2) is 15.6. The van der Waals surface area contributed by atoms with E-state index in [-0.39, 0.29) is 11.1 Å². The molecule has 2 rings (SSSR count). The molecule has 17 heteroatoms. The van der Waals surface area contributed by atoms with Gasteiger partial charge in [0.1, 0.15) is 0 Å². The van der Waals surface area contributed by atoms with E-state index in [0.29, 0.717) is 26.1 Å². The van der Waals surface area contributed by atoms with Gasteiger partial charge in [-0.1, -0.05) is 0 Å². The highest BCUT2D eigenvalue weighted by Crippen LogP contribution is 2.51. The van der Waals surface area contributed by atoms with Gasteiger partial charge in [-0.2, -0.15) is 0 Å². The minimum atomic E-state index is -3.18. The predicted octanol–water partition coefficient (Wildman–Crippen LogP) is 14.5. The monoisotopic (exact) mass is 1170 g/mol. The first-order valence-electron chi connectivity index (χ1n) is 10.2. The molecule has 0 spiro atoms. The van der Waals surface area contributed by atoms with Gasteiger partial charge in [0.15, 0.2) is 0 Å². The van der Waals surface area contributed by atoms with Gasteiger partial charge in [-0.15, -0.1) is 66.5 Å². The first-order chi connectivity index (χ1) is 16.8. The molecule has 0 saturated carbocycles. The Morgan fingerprint density at radius 1 is 0.514 bits per heavy atom. The third-order valence-corrected chi connectivity index (χ3v) is 23.2. The van der Waals surface area contributed by atoms with Crippen molar-refractivity contribution in [3.63, 3.8) is 0 Å². The second-order valence-corrected chi connectivity index (χ2v) is 32.1. The number of ether oxygens (including phenoxy) is 1. The van der Waals surface area contributed by atoms with Crippen LogP contribution in [0.15, 0.2) is 35.8 Å². The minimum absolute atomic E-state index is 0.305. The largest absolute Gasteiger partial charge is 0.381 e. The van der Waals surface area contributed by atoms with E-state index < -0.39 is 12.0 Å². The summed E-state index contributed by atoms with van der Waals surface area (Å²) in [6.45, 7) is 4.74. The zero-order valence-electron chi connectivity index (χ0n) is 18.7. The van der Waals surface area contributed by atoms with Crippen LogP contribution < -0.4 is 0 Å². The standard InChI is InChI=1S/C20H16Br8Cl6OSi2/c1-7-11(15(23)19(27)17(25)13(7)21)9(36(29,30)31)3-5-35-6-4-10(37(32,33)34)12-8(2)14(22)18(26)20(28)16(12)24/h9-10H,3-6H2,1-2H3. The third kappa shape index (κ3) is 9.22. The Morgan fingerprint density at radius 2 is 0.784 bits per heavy atom. The Bertz CT molecular complexity index is 1030. The highest BCUT2D eigenvalue weighted by atomic mass is 79.9. The Balaban J connectivity index is 2.25. The summed E-state index contributed by atoms with van der Waals surface area (Å²) in [7, 11) is 0. The van der Waals surface area contributed by atoms with E-state index >= 15 is 0 Å². The van der Waals surface area contributed by atoms with E-state index in [1.165, 1.54) is 0 Å².